The SMILES string of the molecule is Cc1cc2[nH]ncc2c(-c2ncc3c(N4CCCC(C)C4)nc(OC[C@@]45CCCN4C[C@H](F)C5)nc3c2F)c1C. The molecule has 0 aliphatic carbocycles. The molecule has 3 fully saturated rings. The Bertz CT molecular complexity index is 1610. The van der Waals surface area contributed by atoms with E-state index in [9.17, 15) is 4.39 Å². The Kier molecular flexibility index (Phi) is 6.14. The number of pyridine rings is 1. The fourth-order valence-electron chi connectivity index (χ4n) is 7.17. The lowest BCUT2D eigenvalue weighted by Crippen LogP contribution is -2.43. The van der Waals surface area contributed by atoms with Crippen molar-refractivity contribution in [3.8, 4) is 17.3 Å². The van der Waals surface area contributed by atoms with Gasteiger partial charge in [0.05, 0.1) is 22.6 Å². The van der Waals surface area contributed by atoms with Crippen LogP contribution in [-0.4, -0.2) is 74.5 Å². The number of halogens is 2. The van der Waals surface area contributed by atoms with Crippen molar-refractivity contribution in [1.29, 1.82) is 0 Å². The molecule has 1 N–H and O–H groups in total. The fourth-order valence-corrected chi connectivity index (χ4v) is 7.17. The van der Waals surface area contributed by atoms with E-state index in [1.54, 1.807) is 12.4 Å². The average Bonchev–Trinajstić information content (AvgIpc) is 3.63. The van der Waals surface area contributed by atoms with Gasteiger partial charge < -0.3 is 9.64 Å². The first-order valence-electron chi connectivity index (χ1n) is 14.4. The summed E-state index contributed by atoms with van der Waals surface area (Å²) in [4.78, 5) is 18.5. The normalized spacial score (nSPS) is 25.3. The number of alkyl halides is 1. The molecule has 0 saturated carbocycles. The number of nitrogens with zero attached hydrogens (tertiary/aromatic N) is 6. The van der Waals surface area contributed by atoms with Crippen LogP contribution in [0, 0.1) is 25.6 Å². The number of rotatable bonds is 5. The number of anilines is 1. The monoisotopic (exact) mass is 547 g/mol. The molecule has 3 aliphatic heterocycles. The highest BCUT2D eigenvalue weighted by atomic mass is 19.1. The second kappa shape index (κ2) is 9.61. The van der Waals surface area contributed by atoms with Crippen molar-refractivity contribution in [2.75, 3.05) is 37.7 Å². The fraction of sp³-hybridized carbons (Fsp3) is 0.533. The molecule has 3 aliphatic rings. The van der Waals surface area contributed by atoms with Gasteiger partial charge in [-0.3, -0.25) is 15.0 Å². The van der Waals surface area contributed by atoms with Gasteiger partial charge in [0.2, 0.25) is 0 Å². The number of fused-ring (bicyclic) bond motifs is 3. The molecule has 0 amide bonds. The van der Waals surface area contributed by atoms with Crippen LogP contribution in [0.25, 0.3) is 33.1 Å². The van der Waals surface area contributed by atoms with Crippen LogP contribution in [0.15, 0.2) is 18.5 Å². The molecule has 6 heterocycles. The average molecular weight is 548 g/mol. The molecule has 40 heavy (non-hydrogen) atoms. The van der Waals surface area contributed by atoms with E-state index in [-0.39, 0.29) is 22.8 Å². The smallest absolute Gasteiger partial charge is 0.319 e. The highest BCUT2D eigenvalue weighted by Crippen LogP contribution is 2.41. The van der Waals surface area contributed by atoms with E-state index in [1.807, 2.05) is 19.9 Å². The van der Waals surface area contributed by atoms with Crippen molar-refractivity contribution in [2.24, 2.45) is 5.92 Å². The quantitative estimate of drug-likeness (QED) is 0.353. The molecule has 10 heteroatoms. The Balaban J connectivity index is 1.35. The van der Waals surface area contributed by atoms with Gasteiger partial charge in [-0.2, -0.15) is 15.1 Å². The predicted octanol–water partition coefficient (Wildman–Crippen LogP) is 5.52. The summed E-state index contributed by atoms with van der Waals surface area (Å²) in [5, 5.41) is 8.58. The standard InChI is InChI=1S/C30H35F2N7O/c1-17-6-4-8-38(14-17)28-22-12-33-27(24-19(3)18(2)10-23-21(24)13-34-37-23)25(32)26(22)35-29(36-28)40-16-30-7-5-9-39(30)15-20(31)11-30/h10,12-13,17,20H,4-9,11,14-16H2,1-3H3,(H,34,37)/t17?,20-,30+/m1/s1. The first-order chi connectivity index (χ1) is 19.3. The van der Waals surface area contributed by atoms with E-state index in [1.165, 1.54) is 0 Å². The number of hydrogen-bond donors (Lipinski definition) is 1. The van der Waals surface area contributed by atoms with Gasteiger partial charge in [-0.1, -0.05) is 6.92 Å². The first kappa shape index (κ1) is 25.6. The largest absolute Gasteiger partial charge is 0.461 e. The van der Waals surface area contributed by atoms with E-state index in [4.69, 9.17) is 9.72 Å². The molecule has 210 valence electrons. The van der Waals surface area contributed by atoms with E-state index in [0.29, 0.717) is 42.3 Å². The Hall–Kier alpha value is -3.40. The summed E-state index contributed by atoms with van der Waals surface area (Å²) >= 11 is 0. The first-order valence-corrected chi connectivity index (χ1v) is 14.4. The van der Waals surface area contributed by atoms with Crippen molar-refractivity contribution < 1.29 is 13.5 Å². The van der Waals surface area contributed by atoms with Crippen LogP contribution in [0.4, 0.5) is 14.6 Å². The van der Waals surface area contributed by atoms with Crippen LogP contribution in [0.1, 0.15) is 50.2 Å². The third kappa shape index (κ3) is 4.10. The topological polar surface area (TPSA) is 83.1 Å². The molecule has 1 unspecified atom stereocenters. The van der Waals surface area contributed by atoms with Crippen LogP contribution >= 0.6 is 0 Å². The van der Waals surface area contributed by atoms with Gasteiger partial charge in [-0.15, -0.1) is 0 Å². The molecule has 7 rings (SSSR count). The molecule has 1 aromatic carbocycles. The maximum atomic E-state index is 16.6. The highest BCUT2D eigenvalue weighted by molar-refractivity contribution is 5.99. The van der Waals surface area contributed by atoms with Crippen LogP contribution in [0.5, 0.6) is 6.01 Å². The summed E-state index contributed by atoms with van der Waals surface area (Å²) < 4.78 is 37.2. The number of aryl methyl sites for hydroxylation is 1. The Morgan fingerprint density at radius 2 is 2.00 bits per heavy atom. The van der Waals surface area contributed by atoms with Gasteiger partial charge in [0.25, 0.3) is 0 Å². The van der Waals surface area contributed by atoms with Crippen LogP contribution in [0.3, 0.4) is 0 Å². The number of H-pyrrole nitrogens is 1. The van der Waals surface area contributed by atoms with Gasteiger partial charge in [0.1, 0.15) is 29.8 Å². The number of hydrogen-bond acceptors (Lipinski definition) is 7. The number of piperidine rings is 1. The second-order valence-electron chi connectivity index (χ2n) is 12.1. The summed E-state index contributed by atoms with van der Waals surface area (Å²) in [6.07, 6.45) is 7.10. The maximum absolute atomic E-state index is 16.6. The predicted molar refractivity (Wildman–Crippen MR) is 151 cm³/mol. The summed E-state index contributed by atoms with van der Waals surface area (Å²) in [6, 6.07) is 2.15. The van der Waals surface area contributed by atoms with Gasteiger partial charge in [-0.25, -0.2) is 8.78 Å². The summed E-state index contributed by atoms with van der Waals surface area (Å²) in [7, 11) is 0. The maximum Gasteiger partial charge on any atom is 0.319 e. The van der Waals surface area contributed by atoms with Crippen molar-refractivity contribution in [3.63, 3.8) is 0 Å². The van der Waals surface area contributed by atoms with E-state index in [0.717, 1.165) is 67.3 Å². The van der Waals surface area contributed by atoms with Gasteiger partial charge in [-0.05, 0) is 69.2 Å². The van der Waals surface area contributed by atoms with Gasteiger partial charge in [0.15, 0.2) is 5.82 Å². The molecular formula is C30H35F2N7O. The van der Waals surface area contributed by atoms with Gasteiger partial charge >= 0.3 is 6.01 Å². The molecule has 3 saturated heterocycles. The Morgan fingerprint density at radius 3 is 2.85 bits per heavy atom. The molecule has 3 aromatic heterocycles. The number of benzene rings is 1. The third-order valence-corrected chi connectivity index (χ3v) is 9.33. The molecule has 0 spiro atoms. The summed E-state index contributed by atoms with van der Waals surface area (Å²) in [5.74, 6) is 0.641. The lowest BCUT2D eigenvalue weighted by atomic mass is 9.95. The lowest BCUT2D eigenvalue weighted by molar-refractivity contribution is 0.107. The molecule has 3 atom stereocenters. The van der Waals surface area contributed by atoms with Crippen molar-refractivity contribution in [2.45, 2.75) is 64.6 Å². The van der Waals surface area contributed by atoms with E-state index in [2.05, 4.69) is 36.9 Å². The van der Waals surface area contributed by atoms with E-state index < -0.39 is 12.0 Å². The lowest BCUT2D eigenvalue weighted by Gasteiger charge is -2.33. The minimum Gasteiger partial charge on any atom is -0.461 e. The Labute approximate surface area is 232 Å². The summed E-state index contributed by atoms with van der Waals surface area (Å²) in [5.41, 5.74) is 3.58. The second-order valence-corrected chi connectivity index (χ2v) is 12.1. The number of aromatic nitrogens is 5. The zero-order chi connectivity index (χ0) is 27.6. The van der Waals surface area contributed by atoms with E-state index >= 15 is 4.39 Å². The van der Waals surface area contributed by atoms with Crippen LogP contribution in [-0.2, 0) is 0 Å². The summed E-state index contributed by atoms with van der Waals surface area (Å²) in [6.45, 7) is 9.46. The molecule has 4 aromatic rings. The Morgan fingerprint density at radius 1 is 1.12 bits per heavy atom. The van der Waals surface area contributed by atoms with Crippen molar-refractivity contribution >= 4 is 27.6 Å². The van der Waals surface area contributed by atoms with Crippen LogP contribution < -0.4 is 9.64 Å². The van der Waals surface area contributed by atoms with Crippen molar-refractivity contribution in [3.05, 3.63) is 35.4 Å². The molecular weight excluding hydrogens is 512 g/mol. The molecule has 0 bridgehead atoms. The molecule has 0 radical (unpaired) electrons. The number of ether oxygens (including phenoxy) is 1. The third-order valence-electron chi connectivity index (χ3n) is 9.33. The van der Waals surface area contributed by atoms with Crippen molar-refractivity contribution in [1.82, 2.24) is 30.0 Å². The molecule has 8 nitrogen and oxygen atoms in total. The zero-order valence-corrected chi connectivity index (χ0v) is 23.3. The van der Waals surface area contributed by atoms with Gasteiger partial charge in [0, 0.05) is 43.2 Å². The number of nitrogens with one attached hydrogen (secondary N) is 1. The zero-order valence-electron chi connectivity index (χ0n) is 23.3. The highest BCUT2D eigenvalue weighted by Gasteiger charge is 2.49. The minimum absolute atomic E-state index is 0.134. The number of aromatic amines is 1. The van der Waals surface area contributed by atoms with Crippen LogP contribution in [0.2, 0.25) is 0 Å². The minimum atomic E-state index is -0.852.